The minimum Gasteiger partial charge on any atom is -0.481 e. The first kappa shape index (κ1) is 72.2. The second kappa shape index (κ2) is 44.9. The van der Waals surface area contributed by atoms with Gasteiger partial charge in [0.05, 0.1) is 30.6 Å². The number of sulfone groups is 1. The predicted octanol–water partition coefficient (Wildman–Crippen LogP) is 8.10. The highest BCUT2D eigenvalue weighted by Gasteiger charge is 2.26. The number of hydrogen-bond donors (Lipinski definition) is 6. The molecule has 22 nitrogen and oxygen atoms in total. The van der Waals surface area contributed by atoms with Crippen LogP contribution in [-0.4, -0.2) is 146 Å². The Morgan fingerprint density at radius 3 is 1.75 bits per heavy atom. The Kier molecular flexibility index (Phi) is 40.5. The number of nitrogens with zero attached hydrogens (tertiary/aromatic N) is 3. The number of ketones is 3. The summed E-state index contributed by atoms with van der Waals surface area (Å²) in [6.45, 7) is 5.97. The molecule has 1 aliphatic rings. The molecular weight excluding hydrogens is 1060 g/mol. The lowest BCUT2D eigenvalue weighted by molar-refractivity contribution is -0.145. The number of unbranched alkanes of at least 4 members (excludes halogenated alkanes) is 13. The number of nitrogens with one attached hydrogen (secondary N) is 3. The van der Waals surface area contributed by atoms with Crippen LogP contribution in [0.15, 0.2) is 39.7 Å². The lowest BCUT2D eigenvalue weighted by atomic mass is 9.95. The molecule has 3 unspecified atom stereocenters. The third-order valence-corrected chi connectivity index (χ3v) is 14.9. The number of carboxylic acids is 3. The van der Waals surface area contributed by atoms with Crippen LogP contribution in [0.5, 0.6) is 0 Å². The first-order valence-corrected chi connectivity index (χ1v) is 30.4. The van der Waals surface area contributed by atoms with Crippen molar-refractivity contribution >= 4 is 68.5 Å². The van der Waals surface area contributed by atoms with Gasteiger partial charge in [0.1, 0.15) is 41.7 Å². The van der Waals surface area contributed by atoms with Crippen molar-refractivity contribution in [2.75, 3.05) is 51.5 Å². The van der Waals surface area contributed by atoms with Gasteiger partial charge in [-0.05, 0) is 88.5 Å². The summed E-state index contributed by atoms with van der Waals surface area (Å²) in [7, 11) is -2.17. The van der Waals surface area contributed by atoms with Gasteiger partial charge in [-0.2, -0.15) is 5.11 Å². The quantitative estimate of drug-likeness (QED) is 0.0336. The molecule has 1 aromatic carbocycles. The first-order valence-electron chi connectivity index (χ1n) is 28.6. The highest BCUT2D eigenvalue weighted by Crippen LogP contribution is 2.17. The Labute approximate surface area is 473 Å². The van der Waals surface area contributed by atoms with E-state index in [1.807, 2.05) is 19.1 Å². The van der Waals surface area contributed by atoms with E-state index < -0.39 is 69.6 Å². The zero-order chi connectivity index (χ0) is 59.4. The average Bonchev–Trinajstić information content (AvgIpc) is 3.94. The van der Waals surface area contributed by atoms with Gasteiger partial charge in [-0.3, -0.25) is 33.6 Å². The molecule has 3 atom stereocenters. The highest BCUT2D eigenvalue weighted by atomic mass is 32.2. The van der Waals surface area contributed by atoms with Gasteiger partial charge in [0, 0.05) is 70.8 Å². The molecule has 0 aromatic heterocycles. The van der Waals surface area contributed by atoms with Crippen molar-refractivity contribution in [1.82, 2.24) is 16.0 Å². The average molecular weight is 1150 g/mol. The maximum atomic E-state index is 12.5. The molecule has 1 aromatic rings. The van der Waals surface area contributed by atoms with Crippen molar-refractivity contribution in [3.05, 3.63) is 35.4 Å². The van der Waals surface area contributed by atoms with Crippen LogP contribution in [-0.2, 0) is 57.7 Å². The summed E-state index contributed by atoms with van der Waals surface area (Å²) < 4.78 is 35.1. The smallest absolute Gasteiger partial charge is 0.326 e. The summed E-state index contributed by atoms with van der Waals surface area (Å²) in [5, 5.41) is 47.2. The van der Waals surface area contributed by atoms with Crippen molar-refractivity contribution in [2.45, 2.75) is 206 Å². The van der Waals surface area contributed by atoms with Crippen molar-refractivity contribution in [3.63, 3.8) is 0 Å². The Morgan fingerprint density at radius 2 is 1.18 bits per heavy atom. The maximum Gasteiger partial charge on any atom is 0.326 e. The van der Waals surface area contributed by atoms with E-state index in [0.717, 1.165) is 49.8 Å². The van der Waals surface area contributed by atoms with Crippen molar-refractivity contribution in [2.24, 2.45) is 21.4 Å². The first-order chi connectivity index (χ1) is 38.3. The van der Waals surface area contributed by atoms with E-state index in [1.54, 1.807) is 26.2 Å². The van der Waals surface area contributed by atoms with E-state index in [1.165, 1.54) is 44.9 Å². The second-order valence-electron chi connectivity index (χ2n) is 20.4. The van der Waals surface area contributed by atoms with Gasteiger partial charge in [-0.25, -0.2) is 18.0 Å². The number of carboxylic acid groups (broad SMARTS) is 3. The summed E-state index contributed by atoms with van der Waals surface area (Å²) in [5.74, 6) is -7.99. The number of carbonyl (C=O) groups is 9. The van der Waals surface area contributed by atoms with Crippen molar-refractivity contribution in [3.8, 4) is 0 Å². The molecular formula is C57H92N6O16S. The SMILES string of the molecule is CCC(=O)NC(CCCCNC(=O)c1ccc(C)cc1)C(=O)O.COCCOCCCC(=O)CCC(NC(=O)CCC(CC(=O)CCCS(=O)(=O)CC(=O)CCCCCCCCCCCCCCCC1=NN=NC1)C(=O)O)C(=O)O. The lowest BCUT2D eigenvalue weighted by Crippen LogP contribution is -2.41. The molecule has 0 fully saturated rings. The largest absolute Gasteiger partial charge is 0.481 e. The zero-order valence-electron chi connectivity index (χ0n) is 47.7. The molecule has 0 bridgehead atoms. The summed E-state index contributed by atoms with van der Waals surface area (Å²) in [6, 6.07) is 5.09. The van der Waals surface area contributed by atoms with E-state index in [0.29, 0.717) is 70.6 Å². The van der Waals surface area contributed by atoms with E-state index in [9.17, 15) is 61.8 Å². The number of ether oxygens (including phenoxy) is 2. The van der Waals surface area contributed by atoms with Crippen molar-refractivity contribution < 1.29 is 76.4 Å². The van der Waals surface area contributed by atoms with Crippen LogP contribution in [0.25, 0.3) is 0 Å². The van der Waals surface area contributed by atoms with Crippen molar-refractivity contribution in [1.29, 1.82) is 0 Å². The third kappa shape index (κ3) is 38.7. The van der Waals surface area contributed by atoms with E-state index in [-0.39, 0.29) is 86.9 Å². The number of methoxy groups -OCH3 is 1. The summed E-state index contributed by atoms with van der Waals surface area (Å²) in [6.07, 6.45) is 16.9. The Bertz CT molecular complexity index is 2200. The van der Waals surface area contributed by atoms with Crippen LogP contribution in [0.3, 0.4) is 0 Å². The second-order valence-corrected chi connectivity index (χ2v) is 22.6. The van der Waals surface area contributed by atoms with Crippen LogP contribution < -0.4 is 16.0 Å². The molecule has 2 rings (SSSR count). The molecule has 0 saturated carbocycles. The maximum absolute atomic E-state index is 12.5. The molecule has 0 aliphatic carbocycles. The minimum absolute atomic E-state index is 0.0497. The summed E-state index contributed by atoms with van der Waals surface area (Å²) in [4.78, 5) is 107. The Hall–Kier alpha value is -5.81. The number of Topliss-reactive ketones (excluding diaryl/α,β-unsaturated/α-hetero) is 3. The molecule has 1 heterocycles. The number of hydrogen-bond acceptors (Lipinski definition) is 16. The number of benzene rings is 1. The van der Waals surface area contributed by atoms with Gasteiger partial charge in [-0.1, -0.05) is 95.2 Å². The molecule has 1 aliphatic heterocycles. The zero-order valence-corrected chi connectivity index (χ0v) is 48.5. The standard InChI is InChI=1S/C40H68N4O12S.C17H24N2O4/c1-55-26-27-56-25-15-19-34(45)22-23-37(40(51)52)42-38(48)24-21-32(39(49)50)29-35(46)20-16-28-57(53,54)31-36(47)18-14-12-10-8-6-4-2-3-5-7-9-11-13-17-33-30-41-44-43-33;1-3-15(20)19-14(17(22)23)6-4-5-11-18-16(21)13-9-7-12(2)8-10-13/h32,37H,2-31H2,1H3,(H,42,48)(H,49,50)(H,51,52);7-10,14H,3-6,11H2,1-2H3,(H,18,21)(H,19,20)(H,22,23). The van der Waals surface area contributed by atoms with Gasteiger partial charge in [-0.15, -0.1) is 5.10 Å². The van der Waals surface area contributed by atoms with Crippen LogP contribution in [0, 0.1) is 12.8 Å². The molecule has 0 spiro atoms. The van der Waals surface area contributed by atoms with Crippen LogP contribution in [0.1, 0.15) is 203 Å². The summed E-state index contributed by atoms with van der Waals surface area (Å²) in [5.41, 5.74) is 2.79. The number of aryl methyl sites for hydroxylation is 1. The van der Waals surface area contributed by atoms with Gasteiger partial charge >= 0.3 is 17.9 Å². The highest BCUT2D eigenvalue weighted by molar-refractivity contribution is 7.92. The fourth-order valence-corrected chi connectivity index (χ4v) is 9.81. The molecule has 0 saturated heterocycles. The fourth-order valence-electron chi connectivity index (χ4n) is 8.44. The molecule has 23 heteroatoms. The molecule has 0 radical (unpaired) electrons. The number of rotatable bonds is 49. The van der Waals surface area contributed by atoms with Crippen LogP contribution >= 0.6 is 0 Å². The number of aliphatic carboxylic acids is 3. The Balaban J connectivity index is 0.00000115. The Morgan fingerprint density at radius 1 is 0.600 bits per heavy atom. The van der Waals surface area contributed by atoms with Crippen LogP contribution in [0.4, 0.5) is 0 Å². The number of amides is 3. The van der Waals surface area contributed by atoms with Gasteiger partial charge < -0.3 is 40.7 Å². The van der Waals surface area contributed by atoms with E-state index >= 15 is 0 Å². The molecule has 6 N–H and O–H groups in total. The lowest BCUT2D eigenvalue weighted by Gasteiger charge is -2.16. The third-order valence-electron chi connectivity index (χ3n) is 13.3. The van der Waals surface area contributed by atoms with Gasteiger partial charge in [0.2, 0.25) is 11.8 Å². The summed E-state index contributed by atoms with van der Waals surface area (Å²) >= 11 is 0. The van der Waals surface area contributed by atoms with Crippen LogP contribution in [0.2, 0.25) is 0 Å². The predicted molar refractivity (Wildman–Crippen MR) is 302 cm³/mol. The monoisotopic (exact) mass is 1150 g/mol. The van der Waals surface area contributed by atoms with Gasteiger partial charge in [0.25, 0.3) is 5.91 Å². The van der Waals surface area contributed by atoms with Gasteiger partial charge in [0.15, 0.2) is 9.84 Å². The van der Waals surface area contributed by atoms with E-state index in [4.69, 9.17) is 14.6 Å². The minimum atomic E-state index is -3.72. The van der Waals surface area contributed by atoms with E-state index in [2.05, 4.69) is 31.4 Å². The molecule has 3 amide bonds. The topological polar surface area (TPSA) is 340 Å². The molecule has 452 valence electrons. The normalized spacial score (nSPS) is 13.0. The molecule has 80 heavy (non-hydrogen) atoms. The fraction of sp³-hybridized carbons (Fsp3) is 0.719. The number of carbonyl (C=O) groups excluding carboxylic acids is 6.